The van der Waals surface area contributed by atoms with E-state index in [4.69, 9.17) is 4.42 Å². The van der Waals surface area contributed by atoms with Crippen LogP contribution in [0, 0.1) is 5.92 Å². The molecule has 1 aliphatic rings. The molecule has 0 bridgehead atoms. The zero-order valence-electron chi connectivity index (χ0n) is 12.9. The molecule has 4 heteroatoms. The maximum Gasteiger partial charge on any atom is 0.264 e. The third-order valence-electron chi connectivity index (χ3n) is 4.14. The van der Waals surface area contributed by atoms with Crippen LogP contribution < -0.4 is 0 Å². The van der Waals surface area contributed by atoms with E-state index in [-0.39, 0.29) is 17.6 Å². The van der Waals surface area contributed by atoms with Crippen molar-refractivity contribution in [2.45, 2.75) is 19.3 Å². The van der Waals surface area contributed by atoms with Gasteiger partial charge in [0, 0.05) is 12.1 Å². The number of allylic oxidation sites excluding steroid dienone is 4. The minimum Gasteiger partial charge on any atom is -0.432 e. The Bertz CT molecular complexity index is 772. The minimum absolute atomic E-state index is 0.0605. The maximum absolute atomic E-state index is 12.6. The van der Waals surface area contributed by atoms with Gasteiger partial charge in [-0.3, -0.25) is 9.78 Å². The maximum atomic E-state index is 12.6. The normalized spacial score (nSPS) is 17.8. The summed E-state index contributed by atoms with van der Waals surface area (Å²) in [5.41, 5.74) is 2.93. The fourth-order valence-electron chi connectivity index (χ4n) is 2.85. The molecule has 0 N–H and O–H groups in total. The largest absolute Gasteiger partial charge is 0.432 e. The highest BCUT2D eigenvalue weighted by Crippen LogP contribution is 2.33. The van der Waals surface area contributed by atoms with Crippen LogP contribution in [0.3, 0.4) is 0 Å². The number of carbonyl (C=O) groups is 1. The van der Waals surface area contributed by atoms with Crippen molar-refractivity contribution >= 4 is 5.78 Å². The summed E-state index contributed by atoms with van der Waals surface area (Å²) in [6.45, 7) is 7.65. The first-order valence-electron chi connectivity index (χ1n) is 7.61. The van der Waals surface area contributed by atoms with Gasteiger partial charge in [0.1, 0.15) is 5.69 Å². The van der Waals surface area contributed by atoms with Gasteiger partial charge >= 0.3 is 0 Å². The Morgan fingerprint density at radius 2 is 2.04 bits per heavy atom. The lowest BCUT2D eigenvalue weighted by molar-refractivity contribution is 0.0875. The van der Waals surface area contributed by atoms with Crippen LogP contribution in [0.5, 0.6) is 0 Å². The molecule has 0 radical (unpaired) electrons. The van der Waals surface area contributed by atoms with E-state index < -0.39 is 0 Å². The van der Waals surface area contributed by atoms with Crippen molar-refractivity contribution in [2.24, 2.45) is 5.92 Å². The Kier molecular flexibility index (Phi) is 4.33. The number of nitrogens with zero attached hydrogens (tertiary/aromatic N) is 2. The molecule has 0 spiro atoms. The molecule has 0 fully saturated rings. The molecule has 0 saturated carbocycles. The molecule has 0 aliphatic heterocycles. The summed E-state index contributed by atoms with van der Waals surface area (Å²) in [5, 5.41) is 0. The highest BCUT2D eigenvalue weighted by molar-refractivity contribution is 5.94. The number of aromatic nitrogens is 2. The van der Waals surface area contributed by atoms with Crippen LogP contribution in [0.1, 0.15) is 29.9 Å². The van der Waals surface area contributed by atoms with Gasteiger partial charge in [0.05, 0.1) is 6.20 Å². The van der Waals surface area contributed by atoms with Crippen molar-refractivity contribution in [3.63, 3.8) is 0 Å². The van der Waals surface area contributed by atoms with Crippen LogP contribution in [0.15, 0.2) is 71.5 Å². The molecule has 1 atom stereocenters. The Labute approximate surface area is 135 Å². The second-order valence-electron chi connectivity index (χ2n) is 5.51. The summed E-state index contributed by atoms with van der Waals surface area (Å²) in [7, 11) is 0. The van der Waals surface area contributed by atoms with Crippen molar-refractivity contribution < 1.29 is 9.21 Å². The fraction of sp³-hybridized carbons (Fsp3) is 0.211. The molecule has 1 aliphatic carbocycles. The SMILES string of the molecule is C=CC1=C(C=C)CC(C(=O)c2ncc(-c3ccccn3)o2)CC1. The molecule has 3 rings (SSSR count). The van der Waals surface area contributed by atoms with Crippen LogP contribution in [0.4, 0.5) is 0 Å². The van der Waals surface area contributed by atoms with Crippen LogP contribution in [-0.2, 0) is 0 Å². The van der Waals surface area contributed by atoms with Crippen LogP contribution in [0.2, 0.25) is 0 Å². The van der Waals surface area contributed by atoms with Gasteiger partial charge in [0.25, 0.3) is 5.89 Å². The number of pyridine rings is 1. The van der Waals surface area contributed by atoms with E-state index in [0.29, 0.717) is 17.9 Å². The van der Waals surface area contributed by atoms with Crippen molar-refractivity contribution in [1.82, 2.24) is 9.97 Å². The van der Waals surface area contributed by atoms with Gasteiger partial charge in [-0.25, -0.2) is 4.98 Å². The summed E-state index contributed by atoms with van der Waals surface area (Å²) >= 11 is 0. The van der Waals surface area contributed by atoms with Crippen LogP contribution in [-0.4, -0.2) is 15.8 Å². The summed E-state index contributed by atoms with van der Waals surface area (Å²) in [4.78, 5) is 21.0. The molecule has 4 nitrogen and oxygen atoms in total. The zero-order valence-corrected chi connectivity index (χ0v) is 12.9. The Morgan fingerprint density at radius 3 is 2.74 bits per heavy atom. The van der Waals surface area contributed by atoms with E-state index >= 15 is 0 Å². The Balaban J connectivity index is 1.80. The molecule has 0 amide bonds. The lowest BCUT2D eigenvalue weighted by Gasteiger charge is -2.22. The molecule has 2 heterocycles. The van der Waals surface area contributed by atoms with Gasteiger partial charge in [-0.1, -0.05) is 31.4 Å². The number of carbonyl (C=O) groups excluding carboxylic acids is 1. The van der Waals surface area contributed by atoms with E-state index in [1.165, 1.54) is 5.57 Å². The number of oxazole rings is 1. The molecule has 2 aromatic rings. The van der Waals surface area contributed by atoms with Gasteiger partial charge in [-0.15, -0.1) is 0 Å². The monoisotopic (exact) mass is 306 g/mol. The first-order chi connectivity index (χ1) is 11.2. The molecule has 1 unspecified atom stereocenters. The van der Waals surface area contributed by atoms with E-state index in [2.05, 4.69) is 23.1 Å². The first-order valence-corrected chi connectivity index (χ1v) is 7.61. The highest BCUT2D eigenvalue weighted by Gasteiger charge is 2.28. The molecule has 0 saturated heterocycles. The van der Waals surface area contributed by atoms with E-state index in [0.717, 1.165) is 18.4 Å². The van der Waals surface area contributed by atoms with Crippen molar-refractivity contribution in [3.8, 4) is 11.5 Å². The first kappa shape index (κ1) is 15.2. The quantitative estimate of drug-likeness (QED) is 0.769. The molecular formula is C19H18N2O2. The third kappa shape index (κ3) is 3.06. The van der Waals surface area contributed by atoms with E-state index in [1.54, 1.807) is 12.4 Å². The minimum atomic E-state index is -0.123. The lowest BCUT2D eigenvalue weighted by Crippen LogP contribution is -2.19. The highest BCUT2D eigenvalue weighted by atomic mass is 16.4. The summed E-state index contributed by atoms with van der Waals surface area (Å²) < 4.78 is 5.62. The van der Waals surface area contributed by atoms with Gasteiger partial charge in [-0.05, 0) is 42.5 Å². The third-order valence-corrected chi connectivity index (χ3v) is 4.14. The topological polar surface area (TPSA) is 56.0 Å². The standard InChI is InChI=1S/C19H18N2O2/c1-3-13-8-9-15(11-14(13)4-2)18(22)19-21-12-17(23-19)16-7-5-6-10-20-16/h3-7,10,12,15H,1-2,8-9,11H2. The van der Waals surface area contributed by atoms with Gasteiger partial charge < -0.3 is 4.42 Å². The van der Waals surface area contributed by atoms with Gasteiger partial charge in [0.15, 0.2) is 5.76 Å². The number of rotatable bonds is 5. The van der Waals surface area contributed by atoms with Gasteiger partial charge in [0.2, 0.25) is 5.78 Å². The number of hydrogen-bond donors (Lipinski definition) is 0. The van der Waals surface area contributed by atoms with Crippen molar-refractivity contribution in [1.29, 1.82) is 0 Å². The average molecular weight is 306 g/mol. The average Bonchev–Trinajstić information content (AvgIpc) is 3.11. The molecule has 116 valence electrons. The number of ketones is 1. The van der Waals surface area contributed by atoms with E-state index in [1.807, 2.05) is 30.4 Å². The van der Waals surface area contributed by atoms with Crippen LogP contribution in [0.25, 0.3) is 11.5 Å². The predicted octanol–water partition coefficient (Wildman–Crippen LogP) is 4.39. The Morgan fingerprint density at radius 1 is 1.22 bits per heavy atom. The number of hydrogen-bond acceptors (Lipinski definition) is 4. The fourth-order valence-corrected chi connectivity index (χ4v) is 2.85. The molecule has 2 aromatic heterocycles. The predicted molar refractivity (Wildman–Crippen MR) is 88.8 cm³/mol. The van der Waals surface area contributed by atoms with Crippen molar-refractivity contribution in [3.05, 3.63) is 72.9 Å². The van der Waals surface area contributed by atoms with Gasteiger partial charge in [-0.2, -0.15) is 0 Å². The summed E-state index contributed by atoms with van der Waals surface area (Å²) in [6.07, 6.45) is 9.16. The lowest BCUT2D eigenvalue weighted by atomic mass is 9.81. The van der Waals surface area contributed by atoms with E-state index in [9.17, 15) is 4.79 Å². The number of Topliss-reactive ketones (excluding diaryl/α,β-unsaturated/α-hetero) is 1. The summed E-state index contributed by atoms with van der Waals surface area (Å²) in [6, 6.07) is 5.52. The molecule has 0 aromatic carbocycles. The summed E-state index contributed by atoms with van der Waals surface area (Å²) in [5.74, 6) is 0.480. The van der Waals surface area contributed by atoms with Crippen LogP contribution >= 0.6 is 0 Å². The zero-order chi connectivity index (χ0) is 16.2. The second-order valence-corrected chi connectivity index (χ2v) is 5.51. The molecular weight excluding hydrogens is 288 g/mol. The molecule has 23 heavy (non-hydrogen) atoms. The second kappa shape index (κ2) is 6.57. The Hall–Kier alpha value is -2.75. The van der Waals surface area contributed by atoms with Crippen molar-refractivity contribution in [2.75, 3.05) is 0 Å². The smallest absolute Gasteiger partial charge is 0.264 e.